The maximum atomic E-state index is 13.1. The zero-order chi connectivity index (χ0) is 12.3. The summed E-state index contributed by atoms with van der Waals surface area (Å²) in [5, 5.41) is 8.93. The first-order valence-corrected chi connectivity index (χ1v) is 5.46. The molecule has 0 amide bonds. The van der Waals surface area contributed by atoms with E-state index in [0.29, 0.717) is 12.1 Å². The Bertz CT molecular complexity index is 525. The van der Waals surface area contributed by atoms with Gasteiger partial charge in [-0.3, -0.25) is 0 Å². The summed E-state index contributed by atoms with van der Waals surface area (Å²) in [5.41, 5.74) is 9.05. The Morgan fingerprint density at radius 2 is 1.82 bits per heavy atom. The van der Waals surface area contributed by atoms with Crippen LogP contribution in [0.1, 0.15) is 5.56 Å². The second kappa shape index (κ2) is 4.97. The van der Waals surface area contributed by atoms with Crippen LogP contribution < -0.4 is 5.73 Å². The maximum Gasteiger partial charge on any atom is 0.123 e. The van der Waals surface area contributed by atoms with Crippen LogP contribution in [0.5, 0.6) is 0 Å². The normalized spacial score (nSPS) is 10.5. The summed E-state index contributed by atoms with van der Waals surface area (Å²) in [6.07, 6.45) is 0.509. The molecule has 2 aromatic carbocycles. The molecule has 0 radical (unpaired) electrons. The Hall–Kier alpha value is -1.87. The molecule has 3 heteroatoms. The lowest BCUT2D eigenvalue weighted by Crippen LogP contribution is -1.97. The Morgan fingerprint density at radius 3 is 2.53 bits per heavy atom. The molecular formula is C14H14FNO. The highest BCUT2D eigenvalue weighted by Gasteiger charge is 2.03. The number of hydrogen-bond donors (Lipinski definition) is 2. The van der Waals surface area contributed by atoms with Crippen molar-refractivity contribution in [3.05, 3.63) is 53.8 Å². The molecule has 2 rings (SSSR count). The Balaban J connectivity index is 2.42. The van der Waals surface area contributed by atoms with Crippen LogP contribution in [0.15, 0.2) is 42.5 Å². The smallest absolute Gasteiger partial charge is 0.123 e. The van der Waals surface area contributed by atoms with E-state index in [0.717, 1.165) is 16.7 Å². The van der Waals surface area contributed by atoms with Gasteiger partial charge in [-0.2, -0.15) is 0 Å². The molecular weight excluding hydrogens is 217 g/mol. The van der Waals surface area contributed by atoms with Gasteiger partial charge in [0.05, 0.1) is 0 Å². The zero-order valence-electron chi connectivity index (χ0n) is 9.36. The molecule has 2 nitrogen and oxygen atoms in total. The van der Waals surface area contributed by atoms with Gasteiger partial charge >= 0.3 is 0 Å². The van der Waals surface area contributed by atoms with Crippen molar-refractivity contribution in [1.29, 1.82) is 0 Å². The quantitative estimate of drug-likeness (QED) is 0.797. The number of anilines is 1. The van der Waals surface area contributed by atoms with Crippen LogP contribution in [0, 0.1) is 5.82 Å². The molecule has 88 valence electrons. The van der Waals surface area contributed by atoms with Crippen molar-refractivity contribution in [2.75, 3.05) is 12.3 Å². The van der Waals surface area contributed by atoms with Gasteiger partial charge < -0.3 is 10.8 Å². The topological polar surface area (TPSA) is 46.2 Å². The van der Waals surface area contributed by atoms with E-state index in [1.54, 1.807) is 12.1 Å². The van der Waals surface area contributed by atoms with Gasteiger partial charge in [-0.1, -0.05) is 18.2 Å². The Labute approximate surface area is 99.5 Å². The first-order valence-electron chi connectivity index (χ1n) is 5.46. The van der Waals surface area contributed by atoms with Crippen LogP contribution in [0.25, 0.3) is 11.1 Å². The molecule has 0 aliphatic rings. The molecule has 0 unspecified atom stereocenters. The number of aliphatic hydroxyl groups is 1. The molecule has 3 N–H and O–H groups in total. The second-order valence-corrected chi connectivity index (χ2v) is 3.90. The molecule has 0 bridgehead atoms. The van der Waals surface area contributed by atoms with Crippen molar-refractivity contribution in [1.82, 2.24) is 0 Å². The average molecular weight is 231 g/mol. The highest BCUT2D eigenvalue weighted by Crippen LogP contribution is 2.24. The van der Waals surface area contributed by atoms with E-state index in [2.05, 4.69) is 0 Å². The molecule has 0 aliphatic heterocycles. The predicted molar refractivity (Wildman–Crippen MR) is 67.0 cm³/mol. The van der Waals surface area contributed by atoms with Crippen LogP contribution in [0.3, 0.4) is 0 Å². The third-order valence-corrected chi connectivity index (χ3v) is 2.68. The summed E-state index contributed by atoms with van der Waals surface area (Å²) in [6.45, 7) is 0.0524. The van der Waals surface area contributed by atoms with Gasteiger partial charge in [0, 0.05) is 12.3 Å². The van der Waals surface area contributed by atoms with Crippen molar-refractivity contribution in [2.24, 2.45) is 0 Å². The number of nitrogens with two attached hydrogens (primary N) is 1. The molecule has 0 saturated heterocycles. The van der Waals surface area contributed by atoms with Gasteiger partial charge in [0.1, 0.15) is 5.82 Å². The maximum absolute atomic E-state index is 13.1. The fraction of sp³-hybridized carbons (Fsp3) is 0.143. The van der Waals surface area contributed by atoms with Crippen LogP contribution in [0.4, 0.5) is 10.1 Å². The number of nitrogen functional groups attached to an aromatic ring is 1. The first kappa shape index (κ1) is 11.6. The van der Waals surface area contributed by atoms with Crippen molar-refractivity contribution < 1.29 is 9.50 Å². The largest absolute Gasteiger partial charge is 0.399 e. The zero-order valence-corrected chi connectivity index (χ0v) is 9.36. The van der Waals surface area contributed by atoms with Crippen LogP contribution in [0.2, 0.25) is 0 Å². The summed E-state index contributed by atoms with van der Waals surface area (Å²) >= 11 is 0. The first-order chi connectivity index (χ1) is 8.20. The lowest BCUT2D eigenvalue weighted by atomic mass is 10.0. The second-order valence-electron chi connectivity index (χ2n) is 3.90. The summed E-state index contributed by atoms with van der Waals surface area (Å²) in [6, 6.07) is 11.9. The third kappa shape index (κ3) is 2.63. The molecule has 0 heterocycles. The molecule has 0 fully saturated rings. The number of hydrogen-bond acceptors (Lipinski definition) is 2. The number of rotatable bonds is 3. The standard InChI is InChI=1S/C14H14FNO/c15-13-3-1-2-10(9-13)11-4-5-14(16)12(8-11)6-7-17/h1-5,8-9,17H,6-7,16H2. The molecule has 0 spiro atoms. The van der Waals surface area contributed by atoms with Crippen molar-refractivity contribution in [3.8, 4) is 11.1 Å². The van der Waals surface area contributed by atoms with Gasteiger partial charge in [-0.25, -0.2) is 4.39 Å². The fourth-order valence-electron chi connectivity index (χ4n) is 1.79. The van der Waals surface area contributed by atoms with Crippen molar-refractivity contribution in [3.63, 3.8) is 0 Å². The Morgan fingerprint density at radius 1 is 1.06 bits per heavy atom. The molecule has 17 heavy (non-hydrogen) atoms. The Kier molecular flexibility index (Phi) is 3.40. The SMILES string of the molecule is Nc1ccc(-c2cccc(F)c2)cc1CCO. The molecule has 0 aromatic heterocycles. The van der Waals surface area contributed by atoms with Crippen LogP contribution in [-0.2, 0) is 6.42 Å². The monoisotopic (exact) mass is 231 g/mol. The van der Waals surface area contributed by atoms with Crippen LogP contribution in [-0.4, -0.2) is 11.7 Å². The van der Waals surface area contributed by atoms with E-state index in [-0.39, 0.29) is 12.4 Å². The summed E-state index contributed by atoms with van der Waals surface area (Å²) in [7, 11) is 0. The predicted octanol–water partition coefficient (Wildman–Crippen LogP) is 2.61. The fourth-order valence-corrected chi connectivity index (χ4v) is 1.79. The summed E-state index contributed by atoms with van der Waals surface area (Å²) < 4.78 is 13.1. The van der Waals surface area contributed by atoms with Gasteiger partial charge in [0.15, 0.2) is 0 Å². The number of benzene rings is 2. The molecule has 0 atom stereocenters. The van der Waals surface area contributed by atoms with Gasteiger partial charge in [-0.15, -0.1) is 0 Å². The van der Waals surface area contributed by atoms with Gasteiger partial charge in [-0.05, 0) is 47.4 Å². The van der Waals surface area contributed by atoms with Gasteiger partial charge in [0.2, 0.25) is 0 Å². The minimum absolute atomic E-state index is 0.0524. The average Bonchev–Trinajstić information content (AvgIpc) is 2.32. The number of halogens is 1. The molecule has 0 aliphatic carbocycles. The third-order valence-electron chi connectivity index (χ3n) is 2.68. The minimum Gasteiger partial charge on any atom is -0.399 e. The minimum atomic E-state index is -0.261. The van der Waals surface area contributed by atoms with Crippen molar-refractivity contribution >= 4 is 5.69 Å². The van der Waals surface area contributed by atoms with Crippen molar-refractivity contribution in [2.45, 2.75) is 6.42 Å². The van der Waals surface area contributed by atoms with E-state index in [4.69, 9.17) is 10.8 Å². The van der Waals surface area contributed by atoms with Gasteiger partial charge in [0.25, 0.3) is 0 Å². The van der Waals surface area contributed by atoms with Crippen LogP contribution >= 0.6 is 0 Å². The lowest BCUT2D eigenvalue weighted by molar-refractivity contribution is 0.300. The van der Waals surface area contributed by atoms with E-state index >= 15 is 0 Å². The van der Waals surface area contributed by atoms with E-state index in [1.165, 1.54) is 12.1 Å². The summed E-state index contributed by atoms with van der Waals surface area (Å²) in [5.74, 6) is -0.261. The lowest BCUT2D eigenvalue weighted by Gasteiger charge is -2.08. The summed E-state index contributed by atoms with van der Waals surface area (Å²) in [4.78, 5) is 0. The highest BCUT2D eigenvalue weighted by atomic mass is 19.1. The van der Waals surface area contributed by atoms with E-state index in [1.807, 2.05) is 18.2 Å². The highest BCUT2D eigenvalue weighted by molar-refractivity contribution is 5.67. The van der Waals surface area contributed by atoms with E-state index in [9.17, 15) is 4.39 Å². The van der Waals surface area contributed by atoms with E-state index < -0.39 is 0 Å². The molecule has 0 saturated carbocycles. The number of aliphatic hydroxyl groups excluding tert-OH is 1. The molecule has 2 aromatic rings.